The van der Waals surface area contributed by atoms with Crippen molar-refractivity contribution in [2.75, 3.05) is 25.4 Å². The lowest BCUT2D eigenvalue weighted by Crippen LogP contribution is -2.50. The third-order valence-corrected chi connectivity index (χ3v) is 7.16. The van der Waals surface area contributed by atoms with Crippen LogP contribution in [0.3, 0.4) is 0 Å². The van der Waals surface area contributed by atoms with E-state index < -0.39 is 10.0 Å². The van der Waals surface area contributed by atoms with E-state index in [9.17, 15) is 12.8 Å². The summed E-state index contributed by atoms with van der Waals surface area (Å²) in [5.41, 5.74) is 1.54. The highest BCUT2D eigenvalue weighted by Gasteiger charge is 2.27. The molecule has 1 aromatic heterocycles. The summed E-state index contributed by atoms with van der Waals surface area (Å²) >= 11 is 0. The van der Waals surface area contributed by atoms with Gasteiger partial charge in [-0.05, 0) is 51.8 Å². The number of guanidine groups is 1. The van der Waals surface area contributed by atoms with Crippen LogP contribution in [-0.4, -0.2) is 50.1 Å². The van der Waals surface area contributed by atoms with Crippen molar-refractivity contribution in [2.45, 2.75) is 46.2 Å². The Kier molecular flexibility index (Phi) is 8.92. The summed E-state index contributed by atoms with van der Waals surface area (Å²) < 4.78 is 44.9. The second-order valence-electron chi connectivity index (χ2n) is 7.20. The van der Waals surface area contributed by atoms with Gasteiger partial charge in [0.25, 0.3) is 0 Å². The molecule has 2 heterocycles. The fourth-order valence-electron chi connectivity index (χ4n) is 3.52. The lowest BCUT2D eigenvalue weighted by molar-refractivity contribution is 0.306. The van der Waals surface area contributed by atoms with Gasteiger partial charge in [0.2, 0.25) is 10.0 Å². The predicted molar refractivity (Wildman–Crippen MR) is 128 cm³/mol. The summed E-state index contributed by atoms with van der Waals surface area (Å²) in [6.45, 7) is 7.63. The first-order valence-corrected chi connectivity index (χ1v) is 11.6. The molecule has 2 aromatic rings. The summed E-state index contributed by atoms with van der Waals surface area (Å²) in [6.07, 6.45) is 1.46. The normalized spacial score (nSPS) is 16.5. The van der Waals surface area contributed by atoms with Crippen molar-refractivity contribution in [3.8, 4) is 0 Å². The van der Waals surface area contributed by atoms with E-state index in [-0.39, 0.29) is 41.6 Å². The van der Waals surface area contributed by atoms with Gasteiger partial charge in [-0.3, -0.25) is 0 Å². The van der Waals surface area contributed by atoms with Crippen molar-refractivity contribution in [2.24, 2.45) is 4.99 Å². The minimum atomic E-state index is -3.13. The number of aliphatic imine (C=N–C) groups is 1. The zero-order chi connectivity index (χ0) is 21.0. The molecule has 0 aliphatic carbocycles. The standard InChI is InChI=1S/C20H29FN4O3S.HI/c1-4-22-20(24-16-8-10-25(11-9-16)29(26,27)5-2)23-13-19-14(3)17-12-15(21)6-7-18(17)28-19;/h6-7,12,16H,4-5,8-11,13H2,1-3H3,(H2,22,23,24);1H. The van der Waals surface area contributed by atoms with E-state index >= 15 is 0 Å². The molecule has 30 heavy (non-hydrogen) atoms. The largest absolute Gasteiger partial charge is 0.459 e. The average molecular weight is 552 g/mol. The van der Waals surface area contributed by atoms with Crippen molar-refractivity contribution in [3.63, 3.8) is 0 Å². The SMILES string of the molecule is CCNC(=NCc1oc2ccc(F)cc2c1C)NC1CCN(S(=O)(=O)CC)CC1.I. The summed E-state index contributed by atoms with van der Waals surface area (Å²) in [4.78, 5) is 4.62. The van der Waals surface area contributed by atoms with E-state index in [1.54, 1.807) is 17.3 Å². The molecule has 1 aromatic carbocycles. The van der Waals surface area contributed by atoms with Crippen LogP contribution >= 0.6 is 24.0 Å². The maximum Gasteiger partial charge on any atom is 0.213 e. The lowest BCUT2D eigenvalue weighted by atomic mass is 10.1. The van der Waals surface area contributed by atoms with E-state index in [4.69, 9.17) is 4.42 Å². The molecule has 0 saturated carbocycles. The smallest absolute Gasteiger partial charge is 0.213 e. The zero-order valence-corrected chi connectivity index (χ0v) is 20.7. The van der Waals surface area contributed by atoms with Gasteiger partial charge in [-0.25, -0.2) is 22.1 Å². The number of rotatable bonds is 6. The molecule has 0 spiro atoms. The van der Waals surface area contributed by atoms with Gasteiger partial charge in [-0.15, -0.1) is 24.0 Å². The Bertz CT molecular complexity index is 985. The van der Waals surface area contributed by atoms with Gasteiger partial charge >= 0.3 is 0 Å². The van der Waals surface area contributed by atoms with E-state index in [2.05, 4.69) is 15.6 Å². The van der Waals surface area contributed by atoms with E-state index in [1.807, 2.05) is 13.8 Å². The Balaban J connectivity index is 0.00000320. The summed E-state index contributed by atoms with van der Waals surface area (Å²) in [5.74, 6) is 1.21. The number of hydrogen-bond acceptors (Lipinski definition) is 4. The Labute approximate surface area is 194 Å². The number of sulfonamides is 1. The molecule has 2 N–H and O–H groups in total. The number of nitrogens with one attached hydrogen (secondary N) is 2. The number of hydrogen-bond donors (Lipinski definition) is 2. The first-order chi connectivity index (χ1) is 13.8. The molecular formula is C20H30FIN4O3S. The Hall–Kier alpha value is -1.40. The maximum atomic E-state index is 13.5. The summed E-state index contributed by atoms with van der Waals surface area (Å²) in [7, 11) is -3.13. The van der Waals surface area contributed by atoms with Crippen LogP contribution in [0, 0.1) is 12.7 Å². The van der Waals surface area contributed by atoms with Crippen LogP contribution < -0.4 is 10.6 Å². The fourth-order valence-corrected chi connectivity index (χ4v) is 4.65. The Morgan fingerprint density at radius 1 is 1.30 bits per heavy atom. The number of halogens is 2. The molecule has 1 fully saturated rings. The predicted octanol–water partition coefficient (Wildman–Crippen LogP) is 3.37. The third-order valence-electron chi connectivity index (χ3n) is 5.27. The van der Waals surface area contributed by atoms with Crippen LogP contribution in [0.15, 0.2) is 27.6 Å². The molecular weight excluding hydrogens is 522 g/mol. The monoisotopic (exact) mass is 552 g/mol. The molecule has 7 nitrogen and oxygen atoms in total. The molecule has 1 aliphatic rings. The molecule has 0 amide bonds. The van der Waals surface area contributed by atoms with Crippen molar-refractivity contribution in [3.05, 3.63) is 35.3 Å². The second-order valence-corrected chi connectivity index (χ2v) is 9.46. The number of benzene rings is 1. The molecule has 0 atom stereocenters. The van der Waals surface area contributed by atoms with Gasteiger partial charge in [-0.2, -0.15) is 0 Å². The van der Waals surface area contributed by atoms with Crippen molar-refractivity contribution in [1.29, 1.82) is 0 Å². The highest BCUT2D eigenvalue weighted by Crippen LogP contribution is 2.26. The Morgan fingerprint density at radius 3 is 2.63 bits per heavy atom. The lowest BCUT2D eigenvalue weighted by Gasteiger charge is -2.32. The molecule has 10 heteroatoms. The number of piperidine rings is 1. The zero-order valence-electron chi connectivity index (χ0n) is 17.6. The molecule has 168 valence electrons. The van der Waals surface area contributed by atoms with Crippen molar-refractivity contribution < 1.29 is 17.2 Å². The fraction of sp³-hybridized carbons (Fsp3) is 0.550. The van der Waals surface area contributed by atoms with Gasteiger partial charge < -0.3 is 15.1 Å². The van der Waals surface area contributed by atoms with Gasteiger partial charge in [-0.1, -0.05) is 0 Å². The molecule has 0 unspecified atom stereocenters. The van der Waals surface area contributed by atoms with Gasteiger partial charge in [0, 0.05) is 36.6 Å². The molecule has 1 aliphatic heterocycles. The third kappa shape index (κ3) is 5.85. The molecule has 1 saturated heterocycles. The quantitative estimate of drug-likeness (QED) is 0.326. The van der Waals surface area contributed by atoms with E-state index in [0.717, 1.165) is 23.8 Å². The molecule has 0 radical (unpaired) electrons. The highest BCUT2D eigenvalue weighted by atomic mass is 127. The average Bonchev–Trinajstić information content (AvgIpc) is 3.02. The van der Waals surface area contributed by atoms with E-state index in [0.29, 0.717) is 43.5 Å². The molecule has 3 rings (SSSR count). The number of fused-ring (bicyclic) bond motifs is 1. The van der Waals surface area contributed by atoms with Crippen molar-refractivity contribution in [1.82, 2.24) is 14.9 Å². The second kappa shape index (κ2) is 10.8. The van der Waals surface area contributed by atoms with Crippen LogP contribution in [0.2, 0.25) is 0 Å². The van der Waals surface area contributed by atoms with Crippen LogP contribution in [0.1, 0.15) is 38.0 Å². The molecule has 0 bridgehead atoms. The number of furan rings is 1. The first kappa shape index (κ1) is 24.9. The Morgan fingerprint density at radius 2 is 2.00 bits per heavy atom. The van der Waals surface area contributed by atoms with E-state index in [1.165, 1.54) is 12.1 Å². The minimum absolute atomic E-state index is 0. The van der Waals surface area contributed by atoms with Crippen LogP contribution in [0.25, 0.3) is 11.0 Å². The number of aryl methyl sites for hydroxylation is 1. The number of nitrogens with zero attached hydrogens (tertiary/aromatic N) is 2. The first-order valence-electron chi connectivity index (χ1n) is 10.0. The topological polar surface area (TPSA) is 86.9 Å². The van der Waals surface area contributed by atoms with Crippen LogP contribution in [-0.2, 0) is 16.6 Å². The van der Waals surface area contributed by atoms with Crippen molar-refractivity contribution >= 4 is 50.9 Å². The van der Waals surface area contributed by atoms with Crippen LogP contribution in [0.4, 0.5) is 4.39 Å². The summed E-state index contributed by atoms with van der Waals surface area (Å²) in [6, 6.07) is 4.65. The van der Waals surface area contributed by atoms with Gasteiger partial charge in [0.05, 0.1) is 5.75 Å². The maximum absolute atomic E-state index is 13.5. The highest BCUT2D eigenvalue weighted by molar-refractivity contribution is 14.0. The van der Waals surface area contributed by atoms with Gasteiger partial charge in [0.1, 0.15) is 23.7 Å². The van der Waals surface area contributed by atoms with Gasteiger partial charge in [0.15, 0.2) is 5.96 Å². The van der Waals surface area contributed by atoms with Crippen LogP contribution in [0.5, 0.6) is 0 Å². The summed E-state index contributed by atoms with van der Waals surface area (Å²) in [5, 5.41) is 7.38. The minimum Gasteiger partial charge on any atom is -0.459 e.